The van der Waals surface area contributed by atoms with Gasteiger partial charge in [-0.1, -0.05) is 71.8 Å². The highest BCUT2D eigenvalue weighted by Crippen LogP contribution is 2.30. The van der Waals surface area contributed by atoms with Crippen molar-refractivity contribution < 1.29 is 13.2 Å². The Hall–Kier alpha value is -4.40. The van der Waals surface area contributed by atoms with Crippen LogP contribution in [0.3, 0.4) is 0 Å². The highest BCUT2D eigenvalue weighted by Gasteiger charge is 2.28. The first-order chi connectivity index (χ1) is 19.3. The van der Waals surface area contributed by atoms with E-state index in [-0.39, 0.29) is 29.2 Å². The number of benzene rings is 4. The average Bonchev–Trinajstić information content (AvgIpc) is 3.51. The molecule has 0 unspecified atom stereocenters. The Labute approximate surface area is 238 Å². The van der Waals surface area contributed by atoms with Crippen LogP contribution >= 0.6 is 11.6 Å². The van der Waals surface area contributed by atoms with E-state index in [0.29, 0.717) is 5.02 Å². The zero-order chi connectivity index (χ0) is 28.1. The maximum absolute atomic E-state index is 14.0. The van der Waals surface area contributed by atoms with Crippen LogP contribution in [0.2, 0.25) is 5.02 Å². The van der Waals surface area contributed by atoms with Gasteiger partial charge >= 0.3 is 0 Å². The fourth-order valence-corrected chi connectivity index (χ4v) is 5.96. The molecule has 0 fully saturated rings. The molecule has 0 aliphatic rings. The van der Waals surface area contributed by atoms with E-state index in [9.17, 15) is 13.2 Å². The van der Waals surface area contributed by atoms with Crippen LogP contribution in [-0.2, 0) is 23.1 Å². The third kappa shape index (κ3) is 5.93. The van der Waals surface area contributed by atoms with Gasteiger partial charge in [0.2, 0.25) is 0 Å². The molecule has 4 aromatic carbocycles. The molecule has 0 aliphatic heterocycles. The summed E-state index contributed by atoms with van der Waals surface area (Å²) in [6, 6.07) is 28.0. The normalized spacial score (nSPS) is 11.2. The Morgan fingerprint density at radius 2 is 1.62 bits per heavy atom. The monoisotopic (exact) mass is 570 g/mol. The fraction of sp³-hybridized carbons (Fsp3) is 0.0968. The smallest absolute Gasteiger partial charge is 0.264 e. The number of hydrogen-bond acceptors (Lipinski definition) is 4. The van der Waals surface area contributed by atoms with E-state index >= 15 is 0 Å². The second-order valence-corrected chi connectivity index (χ2v) is 11.5. The van der Waals surface area contributed by atoms with Gasteiger partial charge in [-0.25, -0.2) is 13.4 Å². The maximum Gasteiger partial charge on any atom is 0.264 e. The van der Waals surface area contributed by atoms with Crippen molar-refractivity contribution in [2.24, 2.45) is 0 Å². The quantitative estimate of drug-likeness (QED) is 0.230. The molecule has 0 aliphatic carbocycles. The average molecular weight is 571 g/mol. The number of hydrogen-bond donors (Lipinski definition) is 1. The van der Waals surface area contributed by atoms with E-state index in [2.05, 4.69) is 10.3 Å². The summed E-state index contributed by atoms with van der Waals surface area (Å²) in [4.78, 5) is 17.8. The van der Waals surface area contributed by atoms with Crippen molar-refractivity contribution in [3.8, 4) is 5.69 Å². The fourth-order valence-electron chi connectivity index (χ4n) is 4.36. The zero-order valence-electron chi connectivity index (χ0n) is 21.7. The van der Waals surface area contributed by atoms with Crippen LogP contribution in [0.4, 0.5) is 5.69 Å². The molecule has 0 saturated carbocycles. The van der Waals surface area contributed by atoms with Gasteiger partial charge in [-0.2, -0.15) is 0 Å². The molecule has 202 valence electrons. The molecule has 0 atom stereocenters. The lowest BCUT2D eigenvalue weighted by molar-refractivity contribution is 0.0951. The minimum Gasteiger partial charge on any atom is -0.348 e. The number of imidazole rings is 1. The van der Waals surface area contributed by atoms with Crippen LogP contribution in [0.25, 0.3) is 5.69 Å². The van der Waals surface area contributed by atoms with Crippen molar-refractivity contribution in [3.05, 3.63) is 143 Å². The number of rotatable bonds is 9. The summed E-state index contributed by atoms with van der Waals surface area (Å²) >= 11 is 6.07. The Morgan fingerprint density at radius 3 is 2.35 bits per heavy atom. The van der Waals surface area contributed by atoms with Crippen LogP contribution in [0.15, 0.2) is 121 Å². The Kier molecular flexibility index (Phi) is 8.00. The first-order valence-electron chi connectivity index (χ1n) is 12.6. The van der Waals surface area contributed by atoms with Gasteiger partial charge in [0.25, 0.3) is 15.9 Å². The number of anilines is 1. The molecule has 0 bridgehead atoms. The molecule has 7 nitrogen and oxygen atoms in total. The molecule has 0 spiro atoms. The molecule has 0 saturated heterocycles. The van der Waals surface area contributed by atoms with Crippen LogP contribution in [-0.4, -0.2) is 23.9 Å². The molecule has 9 heteroatoms. The third-order valence-corrected chi connectivity index (χ3v) is 8.51. The summed E-state index contributed by atoms with van der Waals surface area (Å²) in [6.45, 7) is 2.15. The molecule has 1 heterocycles. The lowest BCUT2D eigenvalue weighted by atomic mass is 10.1. The number of aromatic nitrogens is 2. The van der Waals surface area contributed by atoms with Gasteiger partial charge in [-0.05, 0) is 60.5 Å². The highest BCUT2D eigenvalue weighted by molar-refractivity contribution is 7.92. The van der Waals surface area contributed by atoms with Crippen LogP contribution in [0.5, 0.6) is 0 Å². The van der Waals surface area contributed by atoms with Crippen LogP contribution in [0.1, 0.15) is 27.0 Å². The van der Waals surface area contributed by atoms with Gasteiger partial charge in [0.15, 0.2) is 0 Å². The number of aryl methyl sites for hydroxylation is 1. The third-order valence-electron chi connectivity index (χ3n) is 6.48. The minimum atomic E-state index is -4.03. The van der Waals surface area contributed by atoms with E-state index in [0.717, 1.165) is 22.4 Å². The number of carbonyl (C=O) groups is 1. The SMILES string of the molecule is Cc1ccc(S(=O)(=O)N(Cc2ccc(Cl)cc2)c2ccccc2C(=O)NCc2ccccc2-n2ccnc2)cc1. The predicted molar refractivity (Wildman–Crippen MR) is 157 cm³/mol. The highest BCUT2D eigenvalue weighted by atomic mass is 35.5. The van der Waals surface area contributed by atoms with Crippen LogP contribution < -0.4 is 9.62 Å². The van der Waals surface area contributed by atoms with Crippen LogP contribution in [0, 0.1) is 6.92 Å². The summed E-state index contributed by atoms with van der Waals surface area (Å²) < 4.78 is 31.2. The second-order valence-electron chi connectivity index (χ2n) is 9.25. The second kappa shape index (κ2) is 11.8. The molecule has 5 rings (SSSR count). The van der Waals surface area contributed by atoms with Crippen molar-refractivity contribution in [3.63, 3.8) is 0 Å². The molecule has 1 N–H and O–H groups in total. The number of carbonyl (C=O) groups excluding carboxylic acids is 1. The number of nitrogens with one attached hydrogen (secondary N) is 1. The Bertz CT molecular complexity index is 1720. The standard InChI is InChI=1S/C31H27ClN4O3S/c1-23-10-16-27(17-11-23)40(38,39)36(21-24-12-14-26(32)15-13-24)30-9-5-3-7-28(30)31(37)34-20-25-6-2-4-8-29(25)35-19-18-33-22-35/h2-19,22H,20-21H2,1H3,(H,34,37). The molecule has 5 aromatic rings. The lowest BCUT2D eigenvalue weighted by Gasteiger charge is -2.27. The van der Waals surface area contributed by atoms with Gasteiger partial charge < -0.3 is 9.88 Å². The van der Waals surface area contributed by atoms with Crippen molar-refractivity contribution in [2.45, 2.75) is 24.9 Å². The number of sulfonamides is 1. The summed E-state index contributed by atoms with van der Waals surface area (Å²) in [5, 5.41) is 3.52. The van der Waals surface area contributed by atoms with E-state index < -0.39 is 15.9 Å². The first kappa shape index (κ1) is 27.2. The number of halogens is 1. The van der Waals surface area contributed by atoms with Crippen molar-refractivity contribution in [1.82, 2.24) is 14.9 Å². The van der Waals surface area contributed by atoms with Crippen molar-refractivity contribution >= 4 is 33.2 Å². The van der Waals surface area contributed by atoms with Crippen molar-refractivity contribution in [1.29, 1.82) is 0 Å². The molecular weight excluding hydrogens is 544 g/mol. The molecule has 1 aromatic heterocycles. The molecule has 40 heavy (non-hydrogen) atoms. The molecule has 1 amide bonds. The summed E-state index contributed by atoms with van der Waals surface area (Å²) in [6.07, 6.45) is 5.22. The molecular formula is C31H27ClN4O3S. The van der Waals surface area contributed by atoms with E-state index in [1.54, 1.807) is 85.3 Å². The summed E-state index contributed by atoms with van der Waals surface area (Å²) in [7, 11) is -4.03. The summed E-state index contributed by atoms with van der Waals surface area (Å²) in [5.41, 5.74) is 3.96. The minimum absolute atomic E-state index is 0.0150. The Morgan fingerprint density at radius 1 is 0.925 bits per heavy atom. The molecule has 0 radical (unpaired) electrons. The maximum atomic E-state index is 14.0. The topological polar surface area (TPSA) is 84.3 Å². The van der Waals surface area contributed by atoms with Gasteiger partial charge in [0, 0.05) is 24.0 Å². The number of para-hydroxylation sites is 2. The van der Waals surface area contributed by atoms with Crippen molar-refractivity contribution in [2.75, 3.05) is 4.31 Å². The summed E-state index contributed by atoms with van der Waals surface area (Å²) in [5.74, 6) is -0.392. The zero-order valence-corrected chi connectivity index (χ0v) is 23.3. The van der Waals surface area contributed by atoms with E-state index in [1.807, 2.05) is 42.0 Å². The lowest BCUT2D eigenvalue weighted by Crippen LogP contribution is -2.33. The number of nitrogens with zero attached hydrogens (tertiary/aromatic N) is 3. The largest absolute Gasteiger partial charge is 0.348 e. The van der Waals surface area contributed by atoms with Gasteiger partial charge in [0.05, 0.1) is 34.7 Å². The predicted octanol–water partition coefficient (Wildman–Crippen LogP) is 6.16. The van der Waals surface area contributed by atoms with Gasteiger partial charge in [-0.15, -0.1) is 0 Å². The van der Waals surface area contributed by atoms with Gasteiger partial charge in [0.1, 0.15) is 0 Å². The van der Waals surface area contributed by atoms with Gasteiger partial charge in [-0.3, -0.25) is 9.10 Å². The number of amides is 1. The Balaban J connectivity index is 1.50. The first-order valence-corrected chi connectivity index (χ1v) is 14.4. The van der Waals surface area contributed by atoms with E-state index in [1.165, 1.54) is 4.31 Å². The van der Waals surface area contributed by atoms with E-state index in [4.69, 9.17) is 11.6 Å².